The van der Waals surface area contributed by atoms with Crippen LogP contribution in [-0.4, -0.2) is 25.4 Å². The van der Waals surface area contributed by atoms with Crippen molar-refractivity contribution in [2.24, 2.45) is 0 Å². The summed E-state index contributed by atoms with van der Waals surface area (Å²) in [7, 11) is 1.45. The standard InChI is InChI=1S/C12H12BrF3N2O2/c1-17-10(19)4-5-18-11(20)8-6-7(12(14,15)16)2-3-9(8)13/h2-3,6H,4-5H2,1H3,(H,17,19)(H,18,20). The molecule has 2 N–H and O–H groups in total. The fraction of sp³-hybridized carbons (Fsp3) is 0.333. The minimum absolute atomic E-state index is 0.0428. The zero-order chi connectivity index (χ0) is 15.3. The Kier molecular flexibility index (Phi) is 5.55. The van der Waals surface area contributed by atoms with E-state index in [9.17, 15) is 22.8 Å². The van der Waals surface area contributed by atoms with Gasteiger partial charge in [-0.05, 0) is 34.1 Å². The van der Waals surface area contributed by atoms with Crippen molar-refractivity contribution < 1.29 is 22.8 Å². The van der Waals surface area contributed by atoms with Crippen molar-refractivity contribution in [3.8, 4) is 0 Å². The van der Waals surface area contributed by atoms with Crippen LogP contribution in [0.1, 0.15) is 22.3 Å². The molecule has 0 spiro atoms. The van der Waals surface area contributed by atoms with E-state index in [1.165, 1.54) is 7.05 Å². The van der Waals surface area contributed by atoms with E-state index in [0.717, 1.165) is 18.2 Å². The lowest BCUT2D eigenvalue weighted by atomic mass is 10.1. The number of halogens is 4. The molecule has 0 fully saturated rings. The van der Waals surface area contributed by atoms with Crippen LogP contribution in [0.5, 0.6) is 0 Å². The number of carbonyl (C=O) groups excluding carboxylic acids is 2. The predicted octanol–water partition coefficient (Wildman–Crippen LogP) is 2.33. The third-order valence-corrected chi connectivity index (χ3v) is 3.15. The molecule has 0 heterocycles. The highest BCUT2D eigenvalue weighted by molar-refractivity contribution is 9.10. The van der Waals surface area contributed by atoms with Crippen molar-refractivity contribution in [3.05, 3.63) is 33.8 Å². The Morgan fingerprint density at radius 3 is 2.50 bits per heavy atom. The molecule has 0 bridgehead atoms. The quantitative estimate of drug-likeness (QED) is 0.873. The van der Waals surface area contributed by atoms with E-state index in [4.69, 9.17) is 0 Å². The summed E-state index contributed by atoms with van der Waals surface area (Å²) in [5.41, 5.74) is -1.03. The fourth-order valence-corrected chi connectivity index (χ4v) is 1.81. The number of carbonyl (C=O) groups is 2. The van der Waals surface area contributed by atoms with Gasteiger partial charge in [0.1, 0.15) is 0 Å². The normalized spacial score (nSPS) is 11.1. The SMILES string of the molecule is CNC(=O)CCNC(=O)c1cc(C(F)(F)F)ccc1Br. The number of hydrogen-bond donors (Lipinski definition) is 2. The first-order chi connectivity index (χ1) is 9.25. The highest BCUT2D eigenvalue weighted by Crippen LogP contribution is 2.31. The average molecular weight is 353 g/mol. The zero-order valence-electron chi connectivity index (χ0n) is 10.5. The molecule has 0 saturated heterocycles. The molecule has 1 aromatic carbocycles. The van der Waals surface area contributed by atoms with Gasteiger partial charge in [0.2, 0.25) is 5.91 Å². The van der Waals surface area contributed by atoms with Crippen LogP contribution < -0.4 is 10.6 Å². The Labute approximate surface area is 121 Å². The lowest BCUT2D eigenvalue weighted by Crippen LogP contribution is -2.29. The highest BCUT2D eigenvalue weighted by atomic mass is 79.9. The first kappa shape index (κ1) is 16.5. The van der Waals surface area contributed by atoms with Crippen LogP contribution in [0.2, 0.25) is 0 Å². The predicted molar refractivity (Wildman–Crippen MR) is 70.2 cm³/mol. The first-order valence-electron chi connectivity index (χ1n) is 5.61. The van der Waals surface area contributed by atoms with Gasteiger partial charge in [0.25, 0.3) is 5.91 Å². The minimum Gasteiger partial charge on any atom is -0.359 e. The lowest BCUT2D eigenvalue weighted by Gasteiger charge is -2.11. The molecule has 2 amide bonds. The lowest BCUT2D eigenvalue weighted by molar-refractivity contribution is -0.137. The molecule has 0 aromatic heterocycles. The summed E-state index contributed by atoms with van der Waals surface area (Å²) < 4.78 is 38.0. The second-order valence-electron chi connectivity index (χ2n) is 3.87. The molecule has 1 aromatic rings. The summed E-state index contributed by atoms with van der Waals surface area (Å²) in [6, 6.07) is 2.81. The molecule has 0 unspecified atom stereocenters. The van der Waals surface area contributed by atoms with Crippen molar-refractivity contribution in [2.75, 3.05) is 13.6 Å². The van der Waals surface area contributed by atoms with Gasteiger partial charge in [0, 0.05) is 24.5 Å². The smallest absolute Gasteiger partial charge is 0.359 e. The maximum atomic E-state index is 12.6. The van der Waals surface area contributed by atoms with E-state index < -0.39 is 17.6 Å². The maximum absolute atomic E-state index is 12.6. The van der Waals surface area contributed by atoms with Crippen molar-refractivity contribution in [2.45, 2.75) is 12.6 Å². The van der Waals surface area contributed by atoms with Crippen LogP contribution in [0.3, 0.4) is 0 Å². The van der Waals surface area contributed by atoms with Gasteiger partial charge in [-0.15, -0.1) is 0 Å². The van der Waals surface area contributed by atoms with Gasteiger partial charge in [-0.2, -0.15) is 13.2 Å². The fourth-order valence-electron chi connectivity index (χ4n) is 1.39. The van der Waals surface area contributed by atoms with E-state index in [1.807, 2.05) is 0 Å². The van der Waals surface area contributed by atoms with Crippen molar-refractivity contribution in [1.29, 1.82) is 0 Å². The van der Waals surface area contributed by atoms with Crippen molar-refractivity contribution in [1.82, 2.24) is 10.6 Å². The van der Waals surface area contributed by atoms with Crippen LogP contribution >= 0.6 is 15.9 Å². The van der Waals surface area contributed by atoms with Gasteiger partial charge >= 0.3 is 6.18 Å². The second-order valence-corrected chi connectivity index (χ2v) is 4.73. The van der Waals surface area contributed by atoms with Crippen LogP contribution in [0.15, 0.2) is 22.7 Å². The van der Waals surface area contributed by atoms with E-state index in [0.29, 0.717) is 0 Å². The molecule has 110 valence electrons. The van der Waals surface area contributed by atoms with Crippen molar-refractivity contribution >= 4 is 27.7 Å². The first-order valence-corrected chi connectivity index (χ1v) is 6.40. The number of hydrogen-bond acceptors (Lipinski definition) is 2. The molecule has 0 aliphatic heterocycles. The number of amides is 2. The van der Waals surface area contributed by atoms with Crippen LogP contribution in [0.25, 0.3) is 0 Å². The third kappa shape index (κ3) is 4.52. The van der Waals surface area contributed by atoms with Crippen molar-refractivity contribution in [3.63, 3.8) is 0 Å². The highest BCUT2D eigenvalue weighted by Gasteiger charge is 2.31. The molecule has 0 saturated carbocycles. The maximum Gasteiger partial charge on any atom is 0.416 e. The van der Waals surface area contributed by atoms with Gasteiger partial charge < -0.3 is 10.6 Å². The largest absolute Gasteiger partial charge is 0.416 e. The van der Waals surface area contributed by atoms with Crippen LogP contribution in [0, 0.1) is 0 Å². The summed E-state index contributed by atoms with van der Waals surface area (Å²) >= 11 is 3.02. The Balaban J connectivity index is 2.79. The van der Waals surface area contributed by atoms with E-state index >= 15 is 0 Å². The molecule has 1 rings (SSSR count). The molecule has 20 heavy (non-hydrogen) atoms. The van der Waals surface area contributed by atoms with Gasteiger partial charge in [0.05, 0.1) is 11.1 Å². The van der Waals surface area contributed by atoms with Crippen LogP contribution in [0.4, 0.5) is 13.2 Å². The number of rotatable bonds is 4. The summed E-state index contributed by atoms with van der Waals surface area (Å²) in [5, 5.41) is 4.76. The Hall–Kier alpha value is -1.57. The average Bonchev–Trinajstić information content (AvgIpc) is 2.37. The van der Waals surface area contributed by atoms with E-state index in [-0.39, 0.29) is 28.9 Å². The second kappa shape index (κ2) is 6.74. The third-order valence-electron chi connectivity index (χ3n) is 2.45. The van der Waals surface area contributed by atoms with Gasteiger partial charge in [-0.25, -0.2) is 0 Å². The van der Waals surface area contributed by atoms with Gasteiger partial charge in [-0.3, -0.25) is 9.59 Å². The molecule has 0 aliphatic rings. The minimum atomic E-state index is -4.52. The molecule has 0 aliphatic carbocycles. The van der Waals surface area contributed by atoms with E-state index in [1.54, 1.807) is 0 Å². The molecule has 0 atom stereocenters. The summed E-state index contributed by atoms with van der Waals surface area (Å²) in [5.74, 6) is -0.944. The molecular formula is C12H12BrF3N2O2. The Bertz CT molecular complexity index is 518. The summed E-state index contributed by atoms with van der Waals surface area (Å²) in [6.07, 6.45) is -4.46. The molecule has 8 heteroatoms. The topological polar surface area (TPSA) is 58.2 Å². The monoisotopic (exact) mass is 352 g/mol. The summed E-state index contributed by atoms with van der Waals surface area (Å²) in [6.45, 7) is 0.0428. The number of benzene rings is 1. The Morgan fingerprint density at radius 2 is 1.95 bits per heavy atom. The molecule has 4 nitrogen and oxygen atoms in total. The molecular weight excluding hydrogens is 341 g/mol. The van der Waals surface area contributed by atoms with Gasteiger partial charge in [0.15, 0.2) is 0 Å². The Morgan fingerprint density at radius 1 is 1.30 bits per heavy atom. The van der Waals surface area contributed by atoms with Crippen LogP contribution in [-0.2, 0) is 11.0 Å². The summed E-state index contributed by atoms with van der Waals surface area (Å²) in [4.78, 5) is 22.7. The van der Waals surface area contributed by atoms with E-state index in [2.05, 4.69) is 26.6 Å². The number of alkyl halides is 3. The zero-order valence-corrected chi connectivity index (χ0v) is 12.1. The number of nitrogens with one attached hydrogen (secondary N) is 2. The van der Waals surface area contributed by atoms with Gasteiger partial charge in [-0.1, -0.05) is 0 Å². The molecule has 0 radical (unpaired) electrons.